The average Bonchev–Trinajstić information content (AvgIpc) is 2.41. The van der Waals surface area contributed by atoms with Crippen molar-refractivity contribution in [3.63, 3.8) is 0 Å². The van der Waals surface area contributed by atoms with Gasteiger partial charge in [0.05, 0.1) is 24.9 Å². The molecule has 2 rings (SSSR count). The quantitative estimate of drug-likeness (QED) is 0.771. The van der Waals surface area contributed by atoms with Gasteiger partial charge in [0.1, 0.15) is 0 Å². The van der Waals surface area contributed by atoms with E-state index in [1.807, 2.05) is 0 Å². The van der Waals surface area contributed by atoms with Crippen molar-refractivity contribution in [3.8, 4) is 0 Å². The van der Waals surface area contributed by atoms with Gasteiger partial charge in [0, 0.05) is 11.4 Å². The molecule has 1 aromatic carbocycles. The SMILES string of the molecule is Nc1ccc(CC(=O)Nc2cccc(CO)c2)nc1. The molecule has 5 heteroatoms. The smallest absolute Gasteiger partial charge is 0.230 e. The Morgan fingerprint density at radius 2 is 2.16 bits per heavy atom. The number of carbonyl (C=O) groups is 1. The van der Waals surface area contributed by atoms with Gasteiger partial charge in [-0.2, -0.15) is 0 Å². The van der Waals surface area contributed by atoms with E-state index in [2.05, 4.69) is 10.3 Å². The van der Waals surface area contributed by atoms with Crippen LogP contribution in [0.1, 0.15) is 11.3 Å². The molecule has 4 N–H and O–H groups in total. The first kappa shape index (κ1) is 13.0. The molecular weight excluding hydrogens is 242 g/mol. The number of hydrogen-bond donors (Lipinski definition) is 3. The number of nitrogens with zero attached hydrogens (tertiary/aromatic N) is 1. The van der Waals surface area contributed by atoms with Gasteiger partial charge in [-0.05, 0) is 29.8 Å². The molecule has 0 aliphatic carbocycles. The van der Waals surface area contributed by atoms with Gasteiger partial charge in [-0.3, -0.25) is 9.78 Å². The molecule has 0 fully saturated rings. The molecule has 2 aromatic rings. The Kier molecular flexibility index (Phi) is 4.10. The van der Waals surface area contributed by atoms with Crippen LogP contribution in [0, 0.1) is 0 Å². The fourth-order valence-corrected chi connectivity index (χ4v) is 1.66. The third kappa shape index (κ3) is 3.79. The van der Waals surface area contributed by atoms with Crippen LogP contribution in [0.15, 0.2) is 42.6 Å². The minimum atomic E-state index is -0.160. The number of anilines is 2. The van der Waals surface area contributed by atoms with Gasteiger partial charge in [0.15, 0.2) is 0 Å². The number of nitrogens with two attached hydrogens (primary N) is 1. The van der Waals surface area contributed by atoms with E-state index in [4.69, 9.17) is 10.8 Å². The van der Waals surface area contributed by atoms with E-state index in [1.54, 1.807) is 36.4 Å². The number of carbonyl (C=O) groups excluding carboxylic acids is 1. The highest BCUT2D eigenvalue weighted by Gasteiger charge is 2.05. The number of aliphatic hydroxyl groups is 1. The Labute approximate surface area is 111 Å². The van der Waals surface area contributed by atoms with Crippen molar-refractivity contribution < 1.29 is 9.90 Å². The Morgan fingerprint density at radius 3 is 2.84 bits per heavy atom. The summed E-state index contributed by atoms with van der Waals surface area (Å²) in [6.07, 6.45) is 1.71. The molecular formula is C14H15N3O2. The number of aliphatic hydroxyl groups excluding tert-OH is 1. The van der Waals surface area contributed by atoms with Crippen molar-refractivity contribution >= 4 is 17.3 Å². The lowest BCUT2D eigenvalue weighted by molar-refractivity contribution is -0.115. The van der Waals surface area contributed by atoms with E-state index < -0.39 is 0 Å². The number of hydrogen-bond acceptors (Lipinski definition) is 4. The number of benzene rings is 1. The zero-order chi connectivity index (χ0) is 13.7. The molecule has 0 atom stereocenters. The summed E-state index contributed by atoms with van der Waals surface area (Å²) in [6, 6.07) is 10.5. The van der Waals surface area contributed by atoms with Crippen LogP contribution >= 0.6 is 0 Å². The van der Waals surface area contributed by atoms with Crippen LogP contribution in [0.2, 0.25) is 0 Å². The summed E-state index contributed by atoms with van der Waals surface area (Å²) in [6.45, 7) is -0.0524. The molecule has 5 nitrogen and oxygen atoms in total. The molecule has 19 heavy (non-hydrogen) atoms. The second-order valence-electron chi connectivity index (χ2n) is 4.17. The van der Waals surface area contributed by atoms with E-state index in [1.165, 1.54) is 6.20 Å². The summed E-state index contributed by atoms with van der Waals surface area (Å²) >= 11 is 0. The minimum absolute atomic E-state index is 0.0524. The highest BCUT2D eigenvalue weighted by molar-refractivity contribution is 5.92. The third-order valence-electron chi connectivity index (χ3n) is 2.58. The summed E-state index contributed by atoms with van der Waals surface area (Å²) in [5.41, 5.74) is 8.17. The minimum Gasteiger partial charge on any atom is -0.397 e. The molecule has 1 aromatic heterocycles. The zero-order valence-corrected chi connectivity index (χ0v) is 10.3. The van der Waals surface area contributed by atoms with Crippen molar-refractivity contribution in [1.82, 2.24) is 4.98 Å². The number of pyridine rings is 1. The fraction of sp³-hybridized carbons (Fsp3) is 0.143. The van der Waals surface area contributed by atoms with Crippen LogP contribution in [-0.2, 0) is 17.8 Å². The predicted molar refractivity (Wildman–Crippen MR) is 73.3 cm³/mol. The van der Waals surface area contributed by atoms with Crippen molar-refractivity contribution in [2.45, 2.75) is 13.0 Å². The normalized spacial score (nSPS) is 10.2. The molecule has 0 saturated heterocycles. The van der Waals surface area contributed by atoms with E-state index in [-0.39, 0.29) is 18.9 Å². The van der Waals surface area contributed by atoms with Gasteiger partial charge < -0.3 is 16.2 Å². The maximum absolute atomic E-state index is 11.8. The van der Waals surface area contributed by atoms with E-state index in [9.17, 15) is 4.79 Å². The molecule has 0 aliphatic heterocycles. The standard InChI is InChI=1S/C14H15N3O2/c15-11-4-5-12(16-8-11)7-14(19)17-13-3-1-2-10(6-13)9-18/h1-6,8,18H,7,9,15H2,(H,17,19). The van der Waals surface area contributed by atoms with E-state index in [0.29, 0.717) is 17.1 Å². The van der Waals surface area contributed by atoms with Gasteiger partial charge in [-0.1, -0.05) is 12.1 Å². The lowest BCUT2D eigenvalue weighted by Crippen LogP contribution is -2.15. The van der Waals surface area contributed by atoms with Crippen LogP contribution in [0.5, 0.6) is 0 Å². The maximum atomic E-state index is 11.8. The average molecular weight is 257 g/mol. The monoisotopic (exact) mass is 257 g/mol. The van der Waals surface area contributed by atoms with Crippen LogP contribution in [0.25, 0.3) is 0 Å². The van der Waals surface area contributed by atoms with Crippen LogP contribution in [0.4, 0.5) is 11.4 Å². The highest BCUT2D eigenvalue weighted by atomic mass is 16.3. The second kappa shape index (κ2) is 5.97. The van der Waals surface area contributed by atoms with Gasteiger partial charge in [-0.25, -0.2) is 0 Å². The zero-order valence-electron chi connectivity index (χ0n) is 10.3. The number of aromatic nitrogens is 1. The lowest BCUT2D eigenvalue weighted by Gasteiger charge is -2.06. The molecule has 0 aliphatic rings. The van der Waals surface area contributed by atoms with Gasteiger partial charge in [-0.15, -0.1) is 0 Å². The van der Waals surface area contributed by atoms with Crippen LogP contribution in [-0.4, -0.2) is 16.0 Å². The molecule has 0 bridgehead atoms. The van der Waals surface area contributed by atoms with Crippen molar-refractivity contribution in [3.05, 3.63) is 53.9 Å². The molecule has 1 heterocycles. The molecule has 1 amide bonds. The van der Waals surface area contributed by atoms with E-state index in [0.717, 1.165) is 5.56 Å². The third-order valence-corrected chi connectivity index (χ3v) is 2.58. The topological polar surface area (TPSA) is 88.2 Å². The van der Waals surface area contributed by atoms with Crippen molar-refractivity contribution in [1.29, 1.82) is 0 Å². The van der Waals surface area contributed by atoms with Crippen LogP contribution in [0.3, 0.4) is 0 Å². The highest BCUT2D eigenvalue weighted by Crippen LogP contribution is 2.11. The maximum Gasteiger partial charge on any atom is 0.230 e. The second-order valence-corrected chi connectivity index (χ2v) is 4.17. The number of rotatable bonds is 4. The molecule has 0 unspecified atom stereocenters. The summed E-state index contributed by atoms with van der Waals surface area (Å²) in [5.74, 6) is -0.160. The van der Waals surface area contributed by atoms with Crippen molar-refractivity contribution in [2.24, 2.45) is 0 Å². The molecule has 98 valence electrons. The lowest BCUT2D eigenvalue weighted by atomic mass is 10.2. The Hall–Kier alpha value is -2.40. The predicted octanol–water partition coefficient (Wildman–Crippen LogP) is 1.34. The number of amides is 1. The first-order chi connectivity index (χ1) is 9.17. The van der Waals surface area contributed by atoms with Gasteiger partial charge in [0.2, 0.25) is 5.91 Å². The fourth-order valence-electron chi connectivity index (χ4n) is 1.66. The van der Waals surface area contributed by atoms with Gasteiger partial charge >= 0.3 is 0 Å². The molecule has 0 saturated carbocycles. The Bertz CT molecular complexity index is 567. The Balaban J connectivity index is 1.99. The summed E-state index contributed by atoms with van der Waals surface area (Å²) in [4.78, 5) is 15.9. The largest absolute Gasteiger partial charge is 0.397 e. The number of nitrogen functional groups attached to an aromatic ring is 1. The summed E-state index contributed by atoms with van der Waals surface area (Å²) in [5, 5.41) is 11.8. The van der Waals surface area contributed by atoms with E-state index >= 15 is 0 Å². The summed E-state index contributed by atoms with van der Waals surface area (Å²) < 4.78 is 0. The Morgan fingerprint density at radius 1 is 1.32 bits per heavy atom. The van der Waals surface area contributed by atoms with Crippen molar-refractivity contribution in [2.75, 3.05) is 11.1 Å². The summed E-state index contributed by atoms with van der Waals surface area (Å²) in [7, 11) is 0. The van der Waals surface area contributed by atoms with Crippen LogP contribution < -0.4 is 11.1 Å². The molecule has 0 radical (unpaired) electrons. The molecule has 0 spiro atoms. The van der Waals surface area contributed by atoms with Gasteiger partial charge in [0.25, 0.3) is 0 Å². The first-order valence-electron chi connectivity index (χ1n) is 5.87. The number of nitrogens with one attached hydrogen (secondary N) is 1. The first-order valence-corrected chi connectivity index (χ1v) is 5.87.